The molecule has 0 bridgehead atoms. The van der Waals surface area contributed by atoms with Crippen LogP contribution in [-0.4, -0.2) is 13.2 Å². The Bertz CT molecular complexity index is 331. The lowest BCUT2D eigenvalue weighted by Gasteiger charge is -2.07. The fourth-order valence-corrected chi connectivity index (χ4v) is 1.47. The molecule has 0 aliphatic rings. The highest BCUT2D eigenvalue weighted by molar-refractivity contribution is 5.31. The maximum atomic E-state index is 5.63. The van der Waals surface area contributed by atoms with Crippen molar-refractivity contribution in [2.75, 3.05) is 13.2 Å². The Morgan fingerprint density at radius 1 is 1.47 bits per heavy atom. The normalized spacial score (nSPS) is 11.5. The second-order valence-electron chi connectivity index (χ2n) is 3.41. The zero-order chi connectivity index (χ0) is 11.1. The summed E-state index contributed by atoms with van der Waals surface area (Å²) in [5.41, 5.74) is 8.13. The van der Waals surface area contributed by atoms with E-state index in [-0.39, 0.29) is 0 Å². The fraction of sp³-hybridized carbons (Fsp3) is 0.385. The molecule has 0 saturated heterocycles. The van der Waals surface area contributed by atoms with Gasteiger partial charge in [-0.15, -0.1) is 0 Å². The Hall–Kier alpha value is -1.28. The van der Waals surface area contributed by atoms with Crippen LogP contribution in [0, 0.1) is 0 Å². The van der Waals surface area contributed by atoms with Crippen molar-refractivity contribution in [3.05, 3.63) is 41.5 Å². The van der Waals surface area contributed by atoms with Crippen molar-refractivity contribution in [1.82, 2.24) is 0 Å². The number of ether oxygens (including phenoxy) is 1. The van der Waals surface area contributed by atoms with Gasteiger partial charge in [-0.25, -0.2) is 0 Å². The summed E-state index contributed by atoms with van der Waals surface area (Å²) in [5.74, 6) is 0.933. The second kappa shape index (κ2) is 6.25. The first-order valence-corrected chi connectivity index (χ1v) is 5.36. The van der Waals surface area contributed by atoms with Crippen LogP contribution in [0.3, 0.4) is 0 Å². The van der Waals surface area contributed by atoms with Crippen molar-refractivity contribution in [2.24, 2.45) is 5.73 Å². The molecule has 82 valence electrons. The molecule has 0 heterocycles. The third kappa shape index (κ3) is 3.76. The minimum atomic E-state index is 0.620. The van der Waals surface area contributed by atoms with Crippen LogP contribution in [-0.2, 0) is 6.42 Å². The minimum absolute atomic E-state index is 0.620. The molecule has 1 aromatic carbocycles. The quantitative estimate of drug-likeness (QED) is 0.750. The first-order valence-electron chi connectivity index (χ1n) is 5.36. The van der Waals surface area contributed by atoms with Gasteiger partial charge in [0.05, 0.1) is 6.61 Å². The topological polar surface area (TPSA) is 35.2 Å². The van der Waals surface area contributed by atoms with Gasteiger partial charge in [-0.2, -0.15) is 0 Å². The maximum Gasteiger partial charge on any atom is 0.119 e. The highest BCUT2D eigenvalue weighted by Gasteiger charge is 1.99. The molecular weight excluding hydrogens is 186 g/mol. The predicted octanol–water partition coefficient (Wildman–Crippen LogP) is 2.53. The maximum absolute atomic E-state index is 5.63. The molecule has 0 aliphatic carbocycles. The van der Waals surface area contributed by atoms with Crippen LogP contribution < -0.4 is 10.5 Å². The Morgan fingerprint density at radius 3 is 2.87 bits per heavy atom. The van der Waals surface area contributed by atoms with Gasteiger partial charge in [0.2, 0.25) is 0 Å². The number of benzene rings is 1. The fourth-order valence-electron chi connectivity index (χ4n) is 1.47. The Morgan fingerprint density at radius 2 is 2.27 bits per heavy atom. The van der Waals surface area contributed by atoms with E-state index in [1.165, 1.54) is 11.1 Å². The van der Waals surface area contributed by atoms with Crippen molar-refractivity contribution in [3.63, 3.8) is 0 Å². The lowest BCUT2D eigenvalue weighted by molar-refractivity contribution is 0.340. The van der Waals surface area contributed by atoms with Crippen LogP contribution in [0.1, 0.15) is 19.4 Å². The van der Waals surface area contributed by atoms with E-state index >= 15 is 0 Å². The highest BCUT2D eigenvalue weighted by Crippen LogP contribution is 2.15. The third-order valence-corrected chi connectivity index (χ3v) is 2.31. The lowest BCUT2D eigenvalue weighted by Crippen LogP contribution is -2.05. The van der Waals surface area contributed by atoms with Gasteiger partial charge < -0.3 is 10.5 Å². The van der Waals surface area contributed by atoms with E-state index in [2.05, 4.69) is 18.2 Å². The number of hydrogen-bond donors (Lipinski definition) is 1. The molecule has 0 spiro atoms. The number of rotatable bonds is 5. The number of allylic oxidation sites excluding steroid dienone is 1. The standard InChI is InChI=1S/C13H19NO/c1-3-11(10-14)8-12-6-5-7-13(9-12)15-4-2/h3,5-7,9H,4,8,10,14H2,1-2H3/b11-3-. The van der Waals surface area contributed by atoms with Gasteiger partial charge in [0, 0.05) is 6.54 Å². The molecule has 0 atom stereocenters. The van der Waals surface area contributed by atoms with E-state index in [1.807, 2.05) is 26.0 Å². The second-order valence-corrected chi connectivity index (χ2v) is 3.41. The summed E-state index contributed by atoms with van der Waals surface area (Å²) in [5, 5.41) is 0. The van der Waals surface area contributed by atoms with E-state index < -0.39 is 0 Å². The van der Waals surface area contributed by atoms with Crippen molar-refractivity contribution in [3.8, 4) is 5.75 Å². The molecule has 15 heavy (non-hydrogen) atoms. The SMILES string of the molecule is C/C=C(\CN)Cc1cccc(OCC)c1. The van der Waals surface area contributed by atoms with E-state index in [0.717, 1.165) is 12.2 Å². The molecule has 0 saturated carbocycles. The van der Waals surface area contributed by atoms with E-state index in [0.29, 0.717) is 13.2 Å². The molecule has 1 aromatic rings. The monoisotopic (exact) mass is 205 g/mol. The number of nitrogens with two attached hydrogens (primary N) is 1. The van der Waals surface area contributed by atoms with Crippen LogP contribution in [0.15, 0.2) is 35.9 Å². The van der Waals surface area contributed by atoms with Gasteiger partial charge >= 0.3 is 0 Å². The van der Waals surface area contributed by atoms with Crippen molar-refractivity contribution < 1.29 is 4.74 Å². The molecule has 0 radical (unpaired) electrons. The Kier molecular flexibility index (Phi) is 4.91. The van der Waals surface area contributed by atoms with Crippen molar-refractivity contribution >= 4 is 0 Å². The molecule has 1 rings (SSSR count). The zero-order valence-electron chi connectivity index (χ0n) is 9.49. The summed E-state index contributed by atoms with van der Waals surface area (Å²) >= 11 is 0. The van der Waals surface area contributed by atoms with Gasteiger partial charge in [-0.3, -0.25) is 0 Å². The average molecular weight is 205 g/mol. The smallest absolute Gasteiger partial charge is 0.119 e. The van der Waals surface area contributed by atoms with Crippen LogP contribution >= 0.6 is 0 Å². The third-order valence-electron chi connectivity index (χ3n) is 2.31. The summed E-state index contributed by atoms with van der Waals surface area (Å²) in [7, 11) is 0. The van der Waals surface area contributed by atoms with Gasteiger partial charge in [-0.05, 0) is 38.0 Å². The van der Waals surface area contributed by atoms with Gasteiger partial charge in [0.15, 0.2) is 0 Å². The van der Waals surface area contributed by atoms with E-state index in [9.17, 15) is 0 Å². The molecule has 0 unspecified atom stereocenters. The van der Waals surface area contributed by atoms with Gasteiger partial charge in [-0.1, -0.05) is 23.8 Å². The van der Waals surface area contributed by atoms with Crippen LogP contribution in [0.2, 0.25) is 0 Å². The minimum Gasteiger partial charge on any atom is -0.494 e. The number of hydrogen-bond acceptors (Lipinski definition) is 2. The van der Waals surface area contributed by atoms with Crippen LogP contribution in [0.5, 0.6) is 5.75 Å². The lowest BCUT2D eigenvalue weighted by atomic mass is 10.1. The Balaban J connectivity index is 2.72. The summed E-state index contributed by atoms with van der Waals surface area (Å²) in [4.78, 5) is 0. The summed E-state index contributed by atoms with van der Waals surface area (Å²) in [6.07, 6.45) is 2.99. The Labute approximate surface area is 91.7 Å². The van der Waals surface area contributed by atoms with Crippen molar-refractivity contribution in [1.29, 1.82) is 0 Å². The van der Waals surface area contributed by atoms with Gasteiger partial charge in [0.25, 0.3) is 0 Å². The molecule has 0 aliphatic heterocycles. The molecule has 0 fully saturated rings. The van der Waals surface area contributed by atoms with Crippen LogP contribution in [0.4, 0.5) is 0 Å². The summed E-state index contributed by atoms with van der Waals surface area (Å²) in [6.45, 7) is 5.34. The molecule has 2 heteroatoms. The highest BCUT2D eigenvalue weighted by atomic mass is 16.5. The molecule has 0 amide bonds. The largest absolute Gasteiger partial charge is 0.494 e. The van der Waals surface area contributed by atoms with E-state index in [1.54, 1.807) is 0 Å². The summed E-state index contributed by atoms with van der Waals surface area (Å²) < 4.78 is 5.44. The van der Waals surface area contributed by atoms with E-state index in [4.69, 9.17) is 10.5 Å². The predicted molar refractivity (Wildman–Crippen MR) is 64.1 cm³/mol. The average Bonchev–Trinajstić information content (AvgIpc) is 2.27. The molecule has 2 nitrogen and oxygen atoms in total. The molecule has 0 aromatic heterocycles. The molecule has 2 N–H and O–H groups in total. The zero-order valence-corrected chi connectivity index (χ0v) is 9.49. The summed E-state index contributed by atoms with van der Waals surface area (Å²) in [6, 6.07) is 8.17. The first-order chi connectivity index (χ1) is 7.30. The van der Waals surface area contributed by atoms with Gasteiger partial charge in [0.1, 0.15) is 5.75 Å². The first kappa shape index (κ1) is 11.8. The van der Waals surface area contributed by atoms with Crippen molar-refractivity contribution in [2.45, 2.75) is 20.3 Å². The molecular formula is C13H19NO. The van der Waals surface area contributed by atoms with Crippen LogP contribution in [0.25, 0.3) is 0 Å².